The lowest BCUT2D eigenvalue weighted by atomic mass is 9.90. The first-order chi connectivity index (χ1) is 12.3. The summed E-state index contributed by atoms with van der Waals surface area (Å²) in [6, 6.07) is 8.59. The Morgan fingerprint density at radius 1 is 1.35 bits per heavy atom. The lowest BCUT2D eigenvalue weighted by Crippen LogP contribution is -2.25. The number of alkyl halides is 1. The van der Waals surface area contributed by atoms with Gasteiger partial charge in [-0.05, 0) is 35.7 Å². The van der Waals surface area contributed by atoms with Crippen LogP contribution in [-0.4, -0.2) is 35.8 Å². The summed E-state index contributed by atoms with van der Waals surface area (Å²) in [5, 5.41) is 9.67. The van der Waals surface area contributed by atoms with Crippen LogP contribution in [0.2, 0.25) is 0 Å². The van der Waals surface area contributed by atoms with Crippen molar-refractivity contribution in [2.24, 2.45) is 0 Å². The SMILES string of the molecule is CN1CC(C)(C)c2nc(CO)c(Cc3ccc(F)cc3)cc21.O=CCCl. The van der Waals surface area contributed by atoms with Crippen molar-refractivity contribution in [2.75, 3.05) is 24.4 Å². The summed E-state index contributed by atoms with van der Waals surface area (Å²) < 4.78 is 13.0. The molecule has 0 bridgehead atoms. The molecule has 2 aromatic rings. The summed E-state index contributed by atoms with van der Waals surface area (Å²) in [5.74, 6) is -0.125. The molecule has 140 valence electrons. The number of benzene rings is 1. The van der Waals surface area contributed by atoms with Crippen LogP contribution in [-0.2, 0) is 23.2 Å². The van der Waals surface area contributed by atoms with Crippen molar-refractivity contribution in [1.82, 2.24) is 4.98 Å². The standard InChI is InChI=1S/C18H21FN2O.C2H3ClO/c1-18(2)11-21(3)16-9-13(15(10-22)20-17(16)18)8-12-4-6-14(19)7-5-12;3-1-2-4/h4-7,9,22H,8,10-11H2,1-3H3;2H,1H2. The second kappa shape index (κ2) is 8.60. The van der Waals surface area contributed by atoms with Crippen LogP contribution in [0, 0.1) is 5.82 Å². The van der Waals surface area contributed by atoms with Gasteiger partial charge in [-0.15, -0.1) is 11.6 Å². The van der Waals surface area contributed by atoms with E-state index in [1.54, 1.807) is 12.1 Å². The van der Waals surface area contributed by atoms with Crippen LogP contribution in [0.15, 0.2) is 30.3 Å². The number of halogens is 2. The van der Waals surface area contributed by atoms with Gasteiger partial charge in [-0.1, -0.05) is 26.0 Å². The van der Waals surface area contributed by atoms with Crippen molar-refractivity contribution >= 4 is 23.6 Å². The number of hydrogen-bond acceptors (Lipinski definition) is 4. The Balaban J connectivity index is 0.000000552. The Labute approximate surface area is 158 Å². The van der Waals surface area contributed by atoms with Crippen molar-refractivity contribution in [2.45, 2.75) is 32.3 Å². The molecule has 0 saturated carbocycles. The minimum atomic E-state index is -0.236. The van der Waals surface area contributed by atoms with E-state index in [4.69, 9.17) is 21.4 Å². The Hall–Kier alpha value is -1.98. The summed E-state index contributed by atoms with van der Waals surface area (Å²) >= 11 is 4.82. The van der Waals surface area contributed by atoms with E-state index in [-0.39, 0.29) is 23.7 Å². The van der Waals surface area contributed by atoms with E-state index in [1.165, 1.54) is 12.1 Å². The van der Waals surface area contributed by atoms with Crippen LogP contribution in [0.25, 0.3) is 0 Å². The molecule has 1 aromatic carbocycles. The second-order valence-corrected chi connectivity index (χ2v) is 7.29. The average molecular weight is 379 g/mol. The summed E-state index contributed by atoms with van der Waals surface area (Å²) in [6.07, 6.45) is 1.28. The molecule has 0 radical (unpaired) electrons. The zero-order chi connectivity index (χ0) is 19.3. The number of anilines is 1. The molecule has 0 amide bonds. The van der Waals surface area contributed by atoms with Gasteiger partial charge in [-0.25, -0.2) is 4.39 Å². The fraction of sp³-hybridized carbons (Fsp3) is 0.400. The average Bonchev–Trinajstić information content (AvgIpc) is 2.84. The van der Waals surface area contributed by atoms with E-state index in [0.29, 0.717) is 18.4 Å². The van der Waals surface area contributed by atoms with E-state index in [2.05, 4.69) is 31.9 Å². The fourth-order valence-corrected chi connectivity index (χ4v) is 3.23. The summed E-state index contributed by atoms with van der Waals surface area (Å²) in [6.45, 7) is 5.18. The highest BCUT2D eigenvalue weighted by Gasteiger charge is 2.35. The van der Waals surface area contributed by atoms with Gasteiger partial charge < -0.3 is 14.8 Å². The van der Waals surface area contributed by atoms with Gasteiger partial charge in [0.05, 0.1) is 29.6 Å². The molecule has 0 atom stereocenters. The van der Waals surface area contributed by atoms with Gasteiger partial charge in [0.25, 0.3) is 0 Å². The molecule has 0 fully saturated rings. The maximum Gasteiger partial charge on any atom is 0.134 e. The Kier molecular flexibility index (Phi) is 6.73. The summed E-state index contributed by atoms with van der Waals surface area (Å²) in [4.78, 5) is 16.0. The minimum absolute atomic E-state index is 0.0115. The van der Waals surface area contributed by atoms with Crippen molar-refractivity contribution < 1.29 is 14.3 Å². The van der Waals surface area contributed by atoms with E-state index in [1.807, 2.05) is 0 Å². The fourth-order valence-electron chi connectivity index (χ4n) is 3.23. The Bertz CT molecular complexity index is 763. The summed E-state index contributed by atoms with van der Waals surface area (Å²) in [5.41, 5.74) is 4.88. The Morgan fingerprint density at radius 3 is 2.50 bits per heavy atom. The molecule has 6 heteroatoms. The second-order valence-electron chi connectivity index (χ2n) is 6.98. The molecule has 1 N–H and O–H groups in total. The predicted molar refractivity (Wildman–Crippen MR) is 102 cm³/mol. The Morgan fingerprint density at radius 2 is 1.96 bits per heavy atom. The van der Waals surface area contributed by atoms with Crippen molar-refractivity contribution in [3.63, 3.8) is 0 Å². The van der Waals surface area contributed by atoms with Crippen LogP contribution >= 0.6 is 11.6 Å². The number of hydrogen-bond donors (Lipinski definition) is 1. The molecule has 1 aliphatic heterocycles. The van der Waals surface area contributed by atoms with Crippen LogP contribution in [0.5, 0.6) is 0 Å². The van der Waals surface area contributed by atoms with Gasteiger partial charge >= 0.3 is 0 Å². The molecule has 4 nitrogen and oxygen atoms in total. The van der Waals surface area contributed by atoms with Gasteiger partial charge in [0.2, 0.25) is 0 Å². The monoisotopic (exact) mass is 378 g/mol. The zero-order valence-electron chi connectivity index (χ0n) is 15.3. The maximum absolute atomic E-state index is 13.0. The molecule has 1 aliphatic rings. The first kappa shape index (κ1) is 20.3. The third kappa shape index (κ3) is 4.59. The van der Waals surface area contributed by atoms with E-state index >= 15 is 0 Å². The molecule has 0 saturated heterocycles. The third-order valence-corrected chi connectivity index (χ3v) is 4.50. The van der Waals surface area contributed by atoms with Crippen molar-refractivity contribution in [1.29, 1.82) is 0 Å². The number of aromatic nitrogens is 1. The van der Waals surface area contributed by atoms with Gasteiger partial charge in [0, 0.05) is 19.0 Å². The quantitative estimate of drug-likeness (QED) is 0.654. The van der Waals surface area contributed by atoms with Gasteiger partial charge in [0.1, 0.15) is 12.1 Å². The van der Waals surface area contributed by atoms with Crippen LogP contribution in [0.1, 0.15) is 36.4 Å². The number of aliphatic hydroxyl groups excluding tert-OH is 1. The number of carbonyl (C=O) groups excluding carboxylic acids is 1. The topological polar surface area (TPSA) is 53.4 Å². The number of aldehydes is 1. The minimum Gasteiger partial charge on any atom is -0.390 e. The zero-order valence-corrected chi connectivity index (χ0v) is 16.1. The first-order valence-electron chi connectivity index (χ1n) is 8.41. The maximum atomic E-state index is 13.0. The smallest absolute Gasteiger partial charge is 0.134 e. The normalized spacial score (nSPS) is 14.5. The number of pyridine rings is 1. The molecular weight excluding hydrogens is 355 g/mol. The van der Waals surface area contributed by atoms with E-state index in [0.717, 1.165) is 29.1 Å². The van der Waals surface area contributed by atoms with E-state index in [9.17, 15) is 9.50 Å². The highest BCUT2D eigenvalue weighted by molar-refractivity contribution is 6.24. The number of carbonyl (C=O) groups is 1. The van der Waals surface area contributed by atoms with E-state index < -0.39 is 0 Å². The predicted octanol–water partition coefficient (Wildman–Crippen LogP) is 3.46. The molecule has 1 aromatic heterocycles. The molecule has 3 rings (SSSR count). The number of aliphatic hydroxyl groups is 1. The lowest BCUT2D eigenvalue weighted by Gasteiger charge is -2.18. The molecule has 26 heavy (non-hydrogen) atoms. The third-order valence-electron chi connectivity index (χ3n) is 4.38. The molecule has 0 unspecified atom stereocenters. The van der Waals surface area contributed by atoms with Crippen molar-refractivity contribution in [3.05, 3.63) is 58.7 Å². The number of rotatable bonds is 4. The largest absolute Gasteiger partial charge is 0.390 e. The molecule has 2 heterocycles. The molecule has 0 spiro atoms. The van der Waals surface area contributed by atoms with Crippen LogP contribution in [0.3, 0.4) is 0 Å². The van der Waals surface area contributed by atoms with Gasteiger partial charge in [-0.3, -0.25) is 4.98 Å². The molecule has 0 aliphatic carbocycles. The number of fused-ring (bicyclic) bond motifs is 1. The highest BCUT2D eigenvalue weighted by atomic mass is 35.5. The summed E-state index contributed by atoms with van der Waals surface area (Å²) in [7, 11) is 2.07. The molecular formula is C20H24ClFN2O2. The number of nitrogens with zero attached hydrogens (tertiary/aromatic N) is 2. The number of likely N-dealkylation sites (N-methyl/N-ethyl adjacent to an activating group) is 1. The van der Waals surface area contributed by atoms with Gasteiger partial charge in [-0.2, -0.15) is 0 Å². The van der Waals surface area contributed by atoms with Crippen LogP contribution in [0.4, 0.5) is 10.1 Å². The lowest BCUT2D eigenvalue weighted by molar-refractivity contribution is -0.105. The van der Waals surface area contributed by atoms with Gasteiger partial charge in [0.15, 0.2) is 0 Å². The highest BCUT2D eigenvalue weighted by Crippen LogP contribution is 2.39. The van der Waals surface area contributed by atoms with Crippen molar-refractivity contribution in [3.8, 4) is 0 Å². The first-order valence-corrected chi connectivity index (χ1v) is 8.95. The van der Waals surface area contributed by atoms with Crippen LogP contribution < -0.4 is 4.90 Å².